The number of hydrogen-bond donors (Lipinski definition) is 1. The normalized spacial score (nSPS) is 15.0. The molecule has 4 heteroatoms. The van der Waals surface area contributed by atoms with Gasteiger partial charge in [0, 0.05) is 5.69 Å². The molecule has 1 saturated carbocycles. The molecule has 0 atom stereocenters. The summed E-state index contributed by atoms with van der Waals surface area (Å²) in [6, 6.07) is 1.71. The number of amides is 1. The zero-order valence-corrected chi connectivity index (χ0v) is 8.69. The van der Waals surface area contributed by atoms with Gasteiger partial charge in [0.25, 0.3) is 5.91 Å². The van der Waals surface area contributed by atoms with Crippen LogP contribution in [0.1, 0.15) is 35.8 Å². The SMILES string of the molecule is CCc1cc(C(N)=O)c(OC2CC2)cn1. The fraction of sp³-hybridized carbons (Fsp3) is 0.455. The second-order valence-corrected chi connectivity index (χ2v) is 3.71. The number of aryl methyl sites for hydroxylation is 1. The van der Waals surface area contributed by atoms with Crippen molar-refractivity contribution in [2.75, 3.05) is 0 Å². The predicted octanol–water partition coefficient (Wildman–Crippen LogP) is 1.28. The Bertz CT molecular complexity index is 386. The van der Waals surface area contributed by atoms with E-state index in [4.69, 9.17) is 10.5 Å². The van der Waals surface area contributed by atoms with Gasteiger partial charge in [-0.3, -0.25) is 9.78 Å². The second-order valence-electron chi connectivity index (χ2n) is 3.71. The molecule has 0 radical (unpaired) electrons. The lowest BCUT2D eigenvalue weighted by molar-refractivity contribution is 0.0995. The van der Waals surface area contributed by atoms with Crippen molar-refractivity contribution in [1.29, 1.82) is 0 Å². The van der Waals surface area contributed by atoms with Crippen LogP contribution >= 0.6 is 0 Å². The topological polar surface area (TPSA) is 65.2 Å². The number of carbonyl (C=O) groups is 1. The molecular formula is C11H14N2O2. The smallest absolute Gasteiger partial charge is 0.252 e. The van der Waals surface area contributed by atoms with E-state index in [1.165, 1.54) is 0 Å². The first-order chi connectivity index (χ1) is 7.20. The van der Waals surface area contributed by atoms with Crippen LogP contribution < -0.4 is 10.5 Å². The highest BCUT2D eigenvalue weighted by molar-refractivity contribution is 5.95. The Kier molecular flexibility index (Phi) is 2.58. The average molecular weight is 206 g/mol. The quantitative estimate of drug-likeness (QED) is 0.807. The summed E-state index contributed by atoms with van der Waals surface area (Å²) in [5.41, 5.74) is 6.58. The summed E-state index contributed by atoms with van der Waals surface area (Å²) >= 11 is 0. The third-order valence-corrected chi connectivity index (χ3v) is 2.37. The van der Waals surface area contributed by atoms with Crippen LogP contribution in [-0.2, 0) is 6.42 Å². The van der Waals surface area contributed by atoms with Crippen molar-refractivity contribution >= 4 is 5.91 Å². The zero-order valence-electron chi connectivity index (χ0n) is 8.69. The van der Waals surface area contributed by atoms with Gasteiger partial charge in [-0.25, -0.2) is 0 Å². The maximum Gasteiger partial charge on any atom is 0.252 e. The number of primary amides is 1. The summed E-state index contributed by atoms with van der Waals surface area (Å²) in [7, 11) is 0. The molecule has 0 bridgehead atoms. The fourth-order valence-electron chi connectivity index (χ4n) is 1.33. The third kappa shape index (κ3) is 2.26. The van der Waals surface area contributed by atoms with Crippen LogP contribution in [0.5, 0.6) is 5.75 Å². The van der Waals surface area contributed by atoms with Crippen LogP contribution in [0, 0.1) is 0 Å². The molecule has 1 aliphatic carbocycles. The standard InChI is InChI=1S/C11H14N2O2/c1-2-7-5-9(11(12)14)10(6-13-7)15-8-3-4-8/h5-6,8H,2-4H2,1H3,(H2,12,14). The maximum atomic E-state index is 11.2. The van der Waals surface area contributed by atoms with Crippen molar-refractivity contribution in [2.24, 2.45) is 5.73 Å². The van der Waals surface area contributed by atoms with Gasteiger partial charge in [-0.15, -0.1) is 0 Å². The van der Waals surface area contributed by atoms with E-state index in [0.29, 0.717) is 11.3 Å². The minimum Gasteiger partial charge on any atom is -0.488 e. The van der Waals surface area contributed by atoms with E-state index in [-0.39, 0.29) is 6.10 Å². The average Bonchev–Trinajstić information content (AvgIpc) is 3.02. The summed E-state index contributed by atoms with van der Waals surface area (Å²) in [4.78, 5) is 15.4. The van der Waals surface area contributed by atoms with Crippen LogP contribution in [-0.4, -0.2) is 17.0 Å². The number of nitrogens with two attached hydrogens (primary N) is 1. The molecule has 0 unspecified atom stereocenters. The second kappa shape index (κ2) is 3.88. The molecule has 1 aromatic rings. The molecular weight excluding hydrogens is 192 g/mol. The summed E-state index contributed by atoms with van der Waals surface area (Å²) < 4.78 is 5.55. The van der Waals surface area contributed by atoms with E-state index in [1.807, 2.05) is 6.92 Å². The van der Waals surface area contributed by atoms with Gasteiger partial charge in [-0.1, -0.05) is 6.92 Å². The fourth-order valence-corrected chi connectivity index (χ4v) is 1.33. The number of ether oxygens (including phenoxy) is 1. The molecule has 1 amide bonds. The maximum absolute atomic E-state index is 11.2. The summed E-state index contributed by atoms with van der Waals surface area (Å²) in [5, 5.41) is 0. The Balaban J connectivity index is 2.29. The zero-order chi connectivity index (χ0) is 10.8. The first kappa shape index (κ1) is 9.96. The first-order valence-electron chi connectivity index (χ1n) is 5.16. The highest BCUT2D eigenvalue weighted by Crippen LogP contribution is 2.28. The first-order valence-corrected chi connectivity index (χ1v) is 5.16. The van der Waals surface area contributed by atoms with Gasteiger partial charge in [0.05, 0.1) is 17.9 Å². The number of nitrogens with zero attached hydrogens (tertiary/aromatic N) is 1. The predicted molar refractivity (Wildman–Crippen MR) is 55.8 cm³/mol. The number of carbonyl (C=O) groups excluding carboxylic acids is 1. The van der Waals surface area contributed by atoms with Crippen molar-refractivity contribution in [3.05, 3.63) is 23.5 Å². The minimum atomic E-state index is -0.456. The summed E-state index contributed by atoms with van der Waals surface area (Å²) in [5.74, 6) is 0.0601. The Morgan fingerprint density at radius 1 is 1.67 bits per heavy atom. The molecule has 15 heavy (non-hydrogen) atoms. The Morgan fingerprint density at radius 3 is 2.93 bits per heavy atom. The third-order valence-electron chi connectivity index (χ3n) is 2.37. The van der Waals surface area contributed by atoms with Gasteiger partial charge in [-0.2, -0.15) is 0 Å². The van der Waals surface area contributed by atoms with Gasteiger partial charge in [0.15, 0.2) is 5.75 Å². The molecule has 0 aromatic carbocycles. The van der Waals surface area contributed by atoms with Crippen molar-refractivity contribution in [2.45, 2.75) is 32.3 Å². The monoisotopic (exact) mass is 206 g/mol. The number of hydrogen-bond acceptors (Lipinski definition) is 3. The van der Waals surface area contributed by atoms with Crippen LogP contribution in [0.15, 0.2) is 12.3 Å². The molecule has 80 valence electrons. The van der Waals surface area contributed by atoms with Gasteiger partial charge in [0.2, 0.25) is 0 Å². The molecule has 1 fully saturated rings. The van der Waals surface area contributed by atoms with Gasteiger partial charge in [0.1, 0.15) is 0 Å². The molecule has 1 aliphatic rings. The van der Waals surface area contributed by atoms with Crippen LogP contribution in [0.2, 0.25) is 0 Å². The van der Waals surface area contributed by atoms with E-state index in [0.717, 1.165) is 25.0 Å². The molecule has 1 aromatic heterocycles. The minimum absolute atomic E-state index is 0.248. The van der Waals surface area contributed by atoms with Crippen LogP contribution in [0.3, 0.4) is 0 Å². The molecule has 0 spiro atoms. The van der Waals surface area contributed by atoms with Crippen molar-refractivity contribution < 1.29 is 9.53 Å². The van der Waals surface area contributed by atoms with E-state index >= 15 is 0 Å². The number of pyridine rings is 1. The van der Waals surface area contributed by atoms with Gasteiger partial charge >= 0.3 is 0 Å². The summed E-state index contributed by atoms with van der Waals surface area (Å²) in [6.07, 6.45) is 4.72. The van der Waals surface area contributed by atoms with Crippen LogP contribution in [0.4, 0.5) is 0 Å². The summed E-state index contributed by atoms with van der Waals surface area (Å²) in [6.45, 7) is 1.98. The van der Waals surface area contributed by atoms with Gasteiger partial charge < -0.3 is 10.5 Å². The largest absolute Gasteiger partial charge is 0.488 e. The molecule has 2 N–H and O–H groups in total. The van der Waals surface area contributed by atoms with E-state index < -0.39 is 5.91 Å². The van der Waals surface area contributed by atoms with E-state index in [2.05, 4.69) is 4.98 Å². The van der Waals surface area contributed by atoms with Crippen molar-refractivity contribution in [3.63, 3.8) is 0 Å². The molecule has 2 rings (SSSR count). The molecule has 0 saturated heterocycles. The van der Waals surface area contributed by atoms with Gasteiger partial charge in [-0.05, 0) is 25.3 Å². The van der Waals surface area contributed by atoms with E-state index in [1.54, 1.807) is 12.3 Å². The lowest BCUT2D eigenvalue weighted by atomic mass is 10.2. The molecule has 4 nitrogen and oxygen atoms in total. The van der Waals surface area contributed by atoms with Crippen molar-refractivity contribution in [3.8, 4) is 5.75 Å². The van der Waals surface area contributed by atoms with Crippen molar-refractivity contribution in [1.82, 2.24) is 4.98 Å². The highest BCUT2D eigenvalue weighted by Gasteiger charge is 2.25. The Hall–Kier alpha value is -1.58. The molecule has 0 aliphatic heterocycles. The lowest BCUT2D eigenvalue weighted by Crippen LogP contribution is -2.14. The number of rotatable bonds is 4. The highest BCUT2D eigenvalue weighted by atomic mass is 16.5. The molecule has 1 heterocycles. The Morgan fingerprint density at radius 2 is 2.40 bits per heavy atom. The van der Waals surface area contributed by atoms with E-state index in [9.17, 15) is 4.79 Å². The van der Waals surface area contributed by atoms with Crippen LogP contribution in [0.25, 0.3) is 0 Å². The lowest BCUT2D eigenvalue weighted by Gasteiger charge is -2.08. The Labute approximate surface area is 88.4 Å². The number of aromatic nitrogens is 1.